The molecule has 0 saturated heterocycles. The summed E-state index contributed by atoms with van der Waals surface area (Å²) in [7, 11) is 0. The number of unbranched alkanes of at least 4 members (excludes halogenated alkanes) is 5. The van der Waals surface area contributed by atoms with Crippen LogP contribution >= 0.6 is 0 Å². The van der Waals surface area contributed by atoms with Gasteiger partial charge in [-0.2, -0.15) is 0 Å². The average Bonchev–Trinajstić information content (AvgIpc) is 2.31. The predicted octanol–water partition coefficient (Wildman–Crippen LogP) is 3.36. The average molecular weight is 241 g/mol. The minimum absolute atomic E-state index is 0.456. The van der Waals surface area contributed by atoms with Gasteiger partial charge in [0.2, 0.25) is 0 Å². The van der Waals surface area contributed by atoms with Crippen molar-refractivity contribution in [3.8, 4) is 0 Å². The van der Waals surface area contributed by atoms with Gasteiger partial charge in [0.25, 0.3) is 0 Å². The van der Waals surface area contributed by atoms with Gasteiger partial charge in [-0.1, -0.05) is 32.3 Å². The second kappa shape index (κ2) is 11.6. The van der Waals surface area contributed by atoms with E-state index in [1.54, 1.807) is 6.92 Å². The number of allylic oxidation sites excluding steroid dienone is 1. The van der Waals surface area contributed by atoms with Gasteiger partial charge in [0, 0.05) is 5.57 Å². The van der Waals surface area contributed by atoms with E-state index in [0.29, 0.717) is 5.57 Å². The molecule has 3 heteroatoms. The number of carboxylic acid groups (broad SMARTS) is 1. The highest BCUT2D eigenvalue weighted by Gasteiger charge is 1.97. The molecule has 0 atom stereocenters. The Balaban J connectivity index is 3.19. The van der Waals surface area contributed by atoms with Crippen molar-refractivity contribution >= 4 is 5.97 Å². The fourth-order valence-corrected chi connectivity index (χ4v) is 1.60. The van der Waals surface area contributed by atoms with E-state index in [-0.39, 0.29) is 0 Å². The molecular weight excluding hydrogens is 214 g/mol. The third-order valence-corrected chi connectivity index (χ3v) is 2.80. The summed E-state index contributed by atoms with van der Waals surface area (Å²) < 4.78 is 0. The first-order valence-corrected chi connectivity index (χ1v) is 6.79. The minimum Gasteiger partial charge on any atom is -0.478 e. The molecule has 17 heavy (non-hydrogen) atoms. The molecule has 0 aliphatic heterocycles. The Morgan fingerprint density at radius 3 is 2.35 bits per heavy atom. The van der Waals surface area contributed by atoms with E-state index in [9.17, 15) is 4.79 Å². The van der Waals surface area contributed by atoms with Crippen LogP contribution in [0.2, 0.25) is 0 Å². The van der Waals surface area contributed by atoms with Crippen molar-refractivity contribution in [1.29, 1.82) is 0 Å². The van der Waals surface area contributed by atoms with Crippen molar-refractivity contribution in [2.75, 3.05) is 13.1 Å². The smallest absolute Gasteiger partial charge is 0.330 e. The van der Waals surface area contributed by atoms with Crippen LogP contribution in [-0.4, -0.2) is 24.2 Å². The molecule has 0 aliphatic carbocycles. The van der Waals surface area contributed by atoms with Crippen LogP contribution < -0.4 is 5.32 Å². The van der Waals surface area contributed by atoms with Crippen LogP contribution in [0.3, 0.4) is 0 Å². The SMILES string of the molecule is CCCCCCNCCCCC=C(C)C(=O)O. The molecule has 0 rings (SSSR count). The van der Waals surface area contributed by atoms with E-state index >= 15 is 0 Å². The van der Waals surface area contributed by atoms with Crippen molar-refractivity contribution in [3.63, 3.8) is 0 Å². The largest absolute Gasteiger partial charge is 0.478 e. The normalized spacial score (nSPS) is 11.8. The van der Waals surface area contributed by atoms with Gasteiger partial charge in [0.05, 0.1) is 0 Å². The molecule has 100 valence electrons. The van der Waals surface area contributed by atoms with Gasteiger partial charge in [-0.25, -0.2) is 4.79 Å². The molecular formula is C14H27NO2. The Hall–Kier alpha value is -0.830. The predicted molar refractivity (Wildman–Crippen MR) is 72.3 cm³/mol. The highest BCUT2D eigenvalue weighted by molar-refractivity contribution is 5.85. The van der Waals surface area contributed by atoms with Crippen LogP contribution in [0.25, 0.3) is 0 Å². The summed E-state index contributed by atoms with van der Waals surface area (Å²) in [5.74, 6) is -0.806. The van der Waals surface area contributed by atoms with Crippen molar-refractivity contribution in [1.82, 2.24) is 5.32 Å². The Bertz CT molecular complexity index is 224. The standard InChI is InChI=1S/C14H27NO2/c1-3-4-5-8-11-15-12-9-6-7-10-13(2)14(16)17/h10,15H,3-9,11-12H2,1-2H3,(H,16,17). The van der Waals surface area contributed by atoms with Crippen LogP contribution in [0.5, 0.6) is 0 Å². The number of hydrogen-bond acceptors (Lipinski definition) is 2. The van der Waals surface area contributed by atoms with Crippen molar-refractivity contribution in [2.45, 2.75) is 58.8 Å². The first-order valence-electron chi connectivity index (χ1n) is 6.79. The van der Waals surface area contributed by atoms with Crippen molar-refractivity contribution in [3.05, 3.63) is 11.6 Å². The van der Waals surface area contributed by atoms with E-state index in [1.807, 2.05) is 6.08 Å². The van der Waals surface area contributed by atoms with E-state index in [4.69, 9.17) is 5.11 Å². The van der Waals surface area contributed by atoms with Crippen molar-refractivity contribution in [2.24, 2.45) is 0 Å². The van der Waals surface area contributed by atoms with E-state index in [2.05, 4.69) is 12.2 Å². The van der Waals surface area contributed by atoms with Crippen LogP contribution in [0.15, 0.2) is 11.6 Å². The zero-order valence-corrected chi connectivity index (χ0v) is 11.3. The lowest BCUT2D eigenvalue weighted by atomic mass is 10.1. The third-order valence-electron chi connectivity index (χ3n) is 2.80. The maximum atomic E-state index is 10.5. The molecule has 0 aromatic rings. The van der Waals surface area contributed by atoms with Gasteiger partial charge in [-0.05, 0) is 45.7 Å². The van der Waals surface area contributed by atoms with Gasteiger partial charge in [0.15, 0.2) is 0 Å². The fourth-order valence-electron chi connectivity index (χ4n) is 1.60. The summed E-state index contributed by atoms with van der Waals surface area (Å²) in [6, 6.07) is 0. The highest BCUT2D eigenvalue weighted by Crippen LogP contribution is 2.01. The van der Waals surface area contributed by atoms with Gasteiger partial charge in [-0.3, -0.25) is 0 Å². The molecule has 0 amide bonds. The lowest BCUT2D eigenvalue weighted by molar-refractivity contribution is -0.132. The number of carboxylic acids is 1. The summed E-state index contributed by atoms with van der Waals surface area (Å²) in [4.78, 5) is 10.5. The molecule has 0 unspecified atom stereocenters. The second-order valence-electron chi connectivity index (χ2n) is 4.50. The summed E-state index contributed by atoms with van der Waals surface area (Å²) in [6.07, 6.45) is 10.1. The van der Waals surface area contributed by atoms with Gasteiger partial charge in [-0.15, -0.1) is 0 Å². The Morgan fingerprint density at radius 1 is 1.12 bits per heavy atom. The molecule has 0 aromatic carbocycles. The molecule has 0 heterocycles. The molecule has 3 nitrogen and oxygen atoms in total. The molecule has 0 aliphatic rings. The first kappa shape index (κ1) is 16.2. The molecule has 0 spiro atoms. The number of carbonyl (C=O) groups is 1. The van der Waals surface area contributed by atoms with E-state index in [0.717, 1.165) is 32.4 Å². The maximum absolute atomic E-state index is 10.5. The quantitative estimate of drug-likeness (QED) is 0.431. The van der Waals surface area contributed by atoms with Gasteiger partial charge < -0.3 is 10.4 Å². The van der Waals surface area contributed by atoms with Crippen LogP contribution in [0.1, 0.15) is 58.8 Å². The summed E-state index contributed by atoms with van der Waals surface area (Å²) >= 11 is 0. The summed E-state index contributed by atoms with van der Waals surface area (Å²) in [5, 5.41) is 12.1. The minimum atomic E-state index is -0.806. The third kappa shape index (κ3) is 11.4. The Kier molecular flexibility index (Phi) is 11.1. The molecule has 0 aromatic heterocycles. The molecule has 2 N–H and O–H groups in total. The Labute approximate surface area is 105 Å². The van der Waals surface area contributed by atoms with Gasteiger partial charge >= 0.3 is 5.97 Å². The van der Waals surface area contributed by atoms with Crippen LogP contribution in [0, 0.1) is 0 Å². The zero-order valence-electron chi connectivity index (χ0n) is 11.3. The highest BCUT2D eigenvalue weighted by atomic mass is 16.4. The molecule has 0 saturated carbocycles. The first-order chi connectivity index (χ1) is 8.18. The maximum Gasteiger partial charge on any atom is 0.330 e. The topological polar surface area (TPSA) is 49.3 Å². The lowest BCUT2D eigenvalue weighted by Gasteiger charge is -2.03. The van der Waals surface area contributed by atoms with Gasteiger partial charge in [0.1, 0.15) is 0 Å². The summed E-state index contributed by atoms with van der Waals surface area (Å²) in [6.45, 7) is 6.03. The molecule has 0 fully saturated rings. The number of nitrogens with one attached hydrogen (secondary N) is 1. The lowest BCUT2D eigenvalue weighted by Crippen LogP contribution is -2.16. The molecule has 0 radical (unpaired) electrons. The van der Waals surface area contributed by atoms with E-state index in [1.165, 1.54) is 25.7 Å². The van der Waals surface area contributed by atoms with Crippen LogP contribution in [0.4, 0.5) is 0 Å². The number of rotatable bonds is 11. The van der Waals surface area contributed by atoms with Crippen molar-refractivity contribution < 1.29 is 9.90 Å². The number of aliphatic carboxylic acids is 1. The summed E-state index contributed by atoms with van der Waals surface area (Å²) in [5.41, 5.74) is 0.456. The van der Waals surface area contributed by atoms with E-state index < -0.39 is 5.97 Å². The fraction of sp³-hybridized carbons (Fsp3) is 0.786. The molecule has 0 bridgehead atoms. The van der Waals surface area contributed by atoms with Crippen LogP contribution in [-0.2, 0) is 4.79 Å². The zero-order chi connectivity index (χ0) is 12.9. The monoisotopic (exact) mass is 241 g/mol. The number of hydrogen-bond donors (Lipinski definition) is 2. The second-order valence-corrected chi connectivity index (χ2v) is 4.50. The Morgan fingerprint density at radius 2 is 1.76 bits per heavy atom.